The van der Waals surface area contributed by atoms with Gasteiger partial charge >= 0.3 is 0 Å². The lowest BCUT2D eigenvalue weighted by Gasteiger charge is -2.40. The van der Waals surface area contributed by atoms with Crippen molar-refractivity contribution in [3.63, 3.8) is 0 Å². The number of piperazine rings is 1. The summed E-state index contributed by atoms with van der Waals surface area (Å²) < 4.78 is 0. The molecule has 3 aliphatic heterocycles. The zero-order valence-corrected chi connectivity index (χ0v) is 23.2. The van der Waals surface area contributed by atoms with Crippen molar-refractivity contribution in [2.45, 2.75) is 32.7 Å². The van der Waals surface area contributed by atoms with Gasteiger partial charge in [0.1, 0.15) is 5.01 Å². The van der Waals surface area contributed by atoms with Gasteiger partial charge in [-0.15, -0.1) is 11.3 Å². The molecule has 2 aromatic carbocycles. The van der Waals surface area contributed by atoms with E-state index >= 15 is 0 Å². The van der Waals surface area contributed by atoms with Crippen LogP contribution in [0.1, 0.15) is 57.1 Å². The number of piperidine rings is 1. The Morgan fingerprint density at radius 1 is 0.923 bits per heavy atom. The third-order valence-corrected chi connectivity index (χ3v) is 9.24. The quantitative estimate of drug-likeness (QED) is 0.445. The molecule has 1 aromatic heterocycles. The van der Waals surface area contributed by atoms with E-state index in [1.165, 1.54) is 27.5 Å². The molecule has 0 saturated carbocycles. The average Bonchev–Trinajstić information content (AvgIpc) is 3.60. The van der Waals surface area contributed by atoms with Gasteiger partial charge < -0.3 is 14.7 Å². The molecule has 3 aliphatic rings. The van der Waals surface area contributed by atoms with Crippen LogP contribution >= 0.6 is 11.3 Å². The first-order chi connectivity index (χ1) is 18.9. The highest BCUT2D eigenvalue weighted by atomic mass is 32.1. The number of aromatic nitrogens is 1. The Morgan fingerprint density at radius 3 is 2.31 bits per heavy atom. The molecule has 0 N–H and O–H groups in total. The molecular weight excluding hydrogens is 510 g/mol. The summed E-state index contributed by atoms with van der Waals surface area (Å²) in [7, 11) is 0. The minimum Gasteiger partial charge on any atom is -0.371 e. The lowest BCUT2D eigenvalue weighted by molar-refractivity contribution is -0.136. The number of fused-ring (bicyclic) bond motifs is 1. The van der Waals surface area contributed by atoms with Crippen LogP contribution in [0.25, 0.3) is 0 Å². The Kier molecular flexibility index (Phi) is 6.85. The molecule has 0 radical (unpaired) electrons. The van der Waals surface area contributed by atoms with Crippen LogP contribution in [-0.4, -0.2) is 71.8 Å². The summed E-state index contributed by atoms with van der Waals surface area (Å²) in [6.07, 6.45) is 3.17. The molecule has 1 atom stereocenters. The number of imide groups is 1. The summed E-state index contributed by atoms with van der Waals surface area (Å²) in [6, 6.07) is 13.7. The molecule has 3 aromatic rings. The van der Waals surface area contributed by atoms with Crippen molar-refractivity contribution < 1.29 is 14.4 Å². The maximum Gasteiger partial charge on any atom is 0.264 e. The molecule has 2 fully saturated rings. The number of benzene rings is 2. The van der Waals surface area contributed by atoms with Gasteiger partial charge in [-0.2, -0.15) is 0 Å². The van der Waals surface area contributed by atoms with Crippen molar-refractivity contribution in [1.82, 2.24) is 14.8 Å². The Bertz CT molecular complexity index is 1370. The van der Waals surface area contributed by atoms with E-state index in [1.807, 2.05) is 29.3 Å². The average molecular weight is 544 g/mol. The second-order valence-corrected chi connectivity index (χ2v) is 11.6. The number of amides is 3. The maximum atomic E-state index is 13.5. The van der Waals surface area contributed by atoms with Gasteiger partial charge in [0.25, 0.3) is 11.8 Å². The first-order valence-electron chi connectivity index (χ1n) is 13.7. The molecule has 2 saturated heterocycles. The number of carbonyl (C=O) groups is 3. The molecule has 0 unspecified atom stereocenters. The highest BCUT2D eigenvalue weighted by Gasteiger charge is 2.42. The number of hydrogen-bond acceptors (Lipinski definition) is 7. The van der Waals surface area contributed by atoms with Crippen molar-refractivity contribution in [1.29, 1.82) is 0 Å². The number of carbonyl (C=O) groups excluding carboxylic acids is 3. The van der Waals surface area contributed by atoms with Crippen LogP contribution in [0.3, 0.4) is 0 Å². The number of hydrogen-bond donors (Lipinski definition) is 0. The van der Waals surface area contributed by atoms with Crippen molar-refractivity contribution in [3.8, 4) is 0 Å². The van der Waals surface area contributed by atoms with Crippen LogP contribution in [0.4, 0.5) is 11.4 Å². The fraction of sp³-hybridized carbons (Fsp3) is 0.400. The van der Waals surface area contributed by atoms with E-state index in [4.69, 9.17) is 0 Å². The van der Waals surface area contributed by atoms with Gasteiger partial charge in [0.2, 0.25) is 5.91 Å². The Hall–Kier alpha value is -3.72. The monoisotopic (exact) mass is 543 g/mol. The zero-order valence-electron chi connectivity index (χ0n) is 22.4. The number of nitrogens with zero attached hydrogens (tertiary/aromatic N) is 5. The van der Waals surface area contributed by atoms with Gasteiger partial charge in [-0.05, 0) is 51.0 Å². The van der Waals surface area contributed by atoms with Crippen molar-refractivity contribution in [2.75, 3.05) is 49.1 Å². The van der Waals surface area contributed by atoms with Crippen LogP contribution in [0.15, 0.2) is 54.0 Å². The highest BCUT2D eigenvalue weighted by Crippen LogP contribution is 2.38. The van der Waals surface area contributed by atoms with Crippen molar-refractivity contribution in [2.24, 2.45) is 5.92 Å². The zero-order chi connectivity index (χ0) is 27.1. The summed E-state index contributed by atoms with van der Waals surface area (Å²) >= 11 is 1.44. The standard InChI is InChI=1S/C30H33N5O3S/c1-20-6-8-23(9-7-20)32-15-17-34(18-16-32)28(36)22-10-13-33(14-11-22)25-5-3-4-24-26(25)30(38)35(29(24)37)21(2)27-31-12-19-39-27/h3-9,12,19,21-22H,10-11,13-18H2,1-2H3/t21-/m0/s1. The second kappa shape index (κ2) is 10.4. The van der Waals surface area contributed by atoms with Gasteiger partial charge in [-0.3, -0.25) is 19.3 Å². The van der Waals surface area contributed by atoms with Crippen LogP contribution in [0.2, 0.25) is 0 Å². The Labute approximate surface area is 232 Å². The lowest BCUT2D eigenvalue weighted by Crippen LogP contribution is -2.51. The molecule has 4 heterocycles. The van der Waals surface area contributed by atoms with Gasteiger partial charge in [-0.1, -0.05) is 23.8 Å². The normalized spacial score (nSPS) is 19.0. The van der Waals surface area contributed by atoms with Crippen LogP contribution in [0.5, 0.6) is 0 Å². The van der Waals surface area contributed by atoms with E-state index in [9.17, 15) is 14.4 Å². The first kappa shape index (κ1) is 25.6. The molecule has 202 valence electrons. The van der Waals surface area contributed by atoms with Gasteiger partial charge in [0.05, 0.1) is 22.9 Å². The van der Waals surface area contributed by atoms with E-state index in [0.717, 1.165) is 49.7 Å². The topological polar surface area (TPSA) is 77.1 Å². The molecule has 0 bridgehead atoms. The fourth-order valence-corrected chi connectivity index (χ4v) is 6.70. The molecular formula is C30H33N5O3S. The SMILES string of the molecule is Cc1ccc(N2CCN(C(=O)C3CCN(c4cccc5c4C(=O)N([C@@H](C)c4nccs4)C5=O)CC3)CC2)cc1. The number of thiazole rings is 1. The molecule has 8 nitrogen and oxygen atoms in total. The molecule has 6 rings (SSSR count). The number of anilines is 2. The molecule has 9 heteroatoms. The second-order valence-electron chi connectivity index (χ2n) is 10.6. The van der Waals surface area contributed by atoms with Crippen LogP contribution < -0.4 is 9.80 Å². The smallest absolute Gasteiger partial charge is 0.264 e. The predicted molar refractivity (Wildman–Crippen MR) is 152 cm³/mol. The van der Waals surface area contributed by atoms with Crippen molar-refractivity contribution in [3.05, 3.63) is 75.7 Å². The Balaban J connectivity index is 1.09. The van der Waals surface area contributed by atoms with E-state index in [0.29, 0.717) is 24.2 Å². The minimum atomic E-state index is -0.417. The Morgan fingerprint density at radius 2 is 1.64 bits per heavy atom. The van der Waals surface area contributed by atoms with Gasteiger partial charge in [-0.25, -0.2) is 4.98 Å². The molecule has 39 heavy (non-hydrogen) atoms. The van der Waals surface area contributed by atoms with Crippen LogP contribution in [0, 0.1) is 12.8 Å². The van der Waals surface area contributed by atoms with E-state index in [1.54, 1.807) is 12.3 Å². The number of aryl methyl sites for hydroxylation is 1. The number of rotatable bonds is 5. The molecule has 0 aliphatic carbocycles. The third kappa shape index (κ3) is 4.69. The van der Waals surface area contributed by atoms with E-state index < -0.39 is 6.04 Å². The molecule has 3 amide bonds. The van der Waals surface area contributed by atoms with Gasteiger partial charge in [0.15, 0.2) is 0 Å². The maximum absolute atomic E-state index is 13.5. The summed E-state index contributed by atoms with van der Waals surface area (Å²) in [5, 5.41) is 2.59. The molecule has 0 spiro atoms. The third-order valence-electron chi connectivity index (χ3n) is 8.30. The highest BCUT2D eigenvalue weighted by molar-refractivity contribution is 7.09. The fourth-order valence-electron chi connectivity index (χ4n) is 6.02. The predicted octanol–water partition coefficient (Wildman–Crippen LogP) is 4.37. The summed E-state index contributed by atoms with van der Waals surface area (Å²) in [4.78, 5) is 52.3. The van der Waals surface area contributed by atoms with E-state index in [2.05, 4.69) is 46.0 Å². The lowest BCUT2D eigenvalue weighted by atomic mass is 9.93. The first-order valence-corrected chi connectivity index (χ1v) is 14.6. The minimum absolute atomic E-state index is 0.0114. The van der Waals surface area contributed by atoms with Gasteiger partial charge in [0, 0.05) is 62.5 Å². The summed E-state index contributed by atoms with van der Waals surface area (Å²) in [6.45, 7) is 8.46. The summed E-state index contributed by atoms with van der Waals surface area (Å²) in [5.41, 5.74) is 4.17. The van der Waals surface area contributed by atoms with E-state index in [-0.39, 0.29) is 23.6 Å². The van der Waals surface area contributed by atoms with Crippen LogP contribution in [-0.2, 0) is 4.79 Å². The summed E-state index contributed by atoms with van der Waals surface area (Å²) in [5.74, 6) is -0.304. The largest absolute Gasteiger partial charge is 0.371 e. The van der Waals surface area contributed by atoms with Crippen molar-refractivity contribution >= 4 is 40.4 Å².